The Kier molecular flexibility index (Phi) is 7.17. The van der Waals surface area contributed by atoms with Crippen molar-refractivity contribution in [3.8, 4) is 22.5 Å². The molecular weight excluding hydrogens is 633 g/mol. The molecule has 0 fully saturated rings. The molecule has 0 amide bonds. The monoisotopic (exact) mass is 664 g/mol. The molecule has 0 aliphatic carbocycles. The minimum Gasteiger partial charge on any atom is -0.359 e. The van der Waals surface area contributed by atoms with Gasteiger partial charge in [0, 0.05) is 33.0 Å². The van der Waals surface area contributed by atoms with Crippen molar-refractivity contribution >= 4 is 54.9 Å². The van der Waals surface area contributed by atoms with E-state index >= 15 is 0 Å². The number of fused-ring (bicyclic) bond motifs is 4. The fourth-order valence-corrected chi connectivity index (χ4v) is 7.48. The number of para-hydroxylation sites is 2. The van der Waals surface area contributed by atoms with E-state index in [2.05, 4.69) is 175 Å². The Bertz CT molecular complexity index is 2800. The first kappa shape index (κ1) is 30.0. The van der Waals surface area contributed by atoms with Gasteiger partial charge < -0.3 is 5.32 Å². The second kappa shape index (κ2) is 12.4. The highest BCUT2D eigenvalue weighted by molar-refractivity contribution is 6.12. The molecule has 1 N–H and O–H groups in total. The summed E-state index contributed by atoms with van der Waals surface area (Å²) in [5.41, 5.74) is 9.92. The maximum absolute atomic E-state index is 5.42. The summed E-state index contributed by atoms with van der Waals surface area (Å²) in [5.74, 6) is 0.840. The first-order chi connectivity index (χ1) is 25.7. The van der Waals surface area contributed by atoms with Gasteiger partial charge in [-0.2, -0.15) is 0 Å². The summed E-state index contributed by atoms with van der Waals surface area (Å²) in [6, 6.07) is 61.6. The van der Waals surface area contributed by atoms with E-state index in [1.54, 1.807) is 0 Å². The van der Waals surface area contributed by atoms with E-state index in [1.165, 1.54) is 21.7 Å². The molecule has 4 heteroatoms. The van der Waals surface area contributed by atoms with Gasteiger partial charge in [0.15, 0.2) is 0 Å². The van der Waals surface area contributed by atoms with E-state index in [0.717, 1.165) is 72.4 Å². The van der Waals surface area contributed by atoms with E-state index in [9.17, 15) is 0 Å². The number of amidine groups is 1. The summed E-state index contributed by atoms with van der Waals surface area (Å²) in [6.45, 7) is 0. The number of hydrogen-bond donors (Lipinski definition) is 1. The number of nitrogens with one attached hydrogen (secondary N) is 1. The maximum atomic E-state index is 5.42. The summed E-state index contributed by atoms with van der Waals surface area (Å²) >= 11 is 0. The number of nitrogens with zero attached hydrogens (tertiary/aromatic N) is 3. The van der Waals surface area contributed by atoms with Crippen molar-refractivity contribution in [2.45, 2.75) is 6.04 Å². The van der Waals surface area contributed by atoms with Crippen LogP contribution in [0.1, 0.15) is 22.7 Å². The Labute approximate surface area is 301 Å². The van der Waals surface area contributed by atoms with E-state index in [0.29, 0.717) is 0 Å². The Balaban J connectivity index is 1.21. The van der Waals surface area contributed by atoms with E-state index in [4.69, 9.17) is 15.0 Å². The fraction of sp³-hybridized carbons (Fsp3) is 0.0208. The first-order valence-corrected chi connectivity index (χ1v) is 17.6. The van der Waals surface area contributed by atoms with Crippen LogP contribution in [0.4, 0.5) is 0 Å². The van der Waals surface area contributed by atoms with Crippen LogP contribution < -0.4 is 5.32 Å². The van der Waals surface area contributed by atoms with Crippen molar-refractivity contribution in [2.75, 3.05) is 0 Å². The van der Waals surface area contributed by atoms with E-state index in [1.807, 2.05) is 12.1 Å². The number of aromatic nitrogens is 2. The van der Waals surface area contributed by atoms with Gasteiger partial charge in [0.05, 0.1) is 34.2 Å². The van der Waals surface area contributed by atoms with Crippen molar-refractivity contribution in [1.82, 2.24) is 15.3 Å². The third kappa shape index (κ3) is 5.38. The van der Waals surface area contributed by atoms with Gasteiger partial charge in [-0.3, -0.25) is 0 Å². The highest BCUT2D eigenvalue weighted by Crippen LogP contribution is 2.36. The molecule has 2 aromatic heterocycles. The first-order valence-electron chi connectivity index (χ1n) is 17.6. The van der Waals surface area contributed by atoms with Gasteiger partial charge in [0.1, 0.15) is 5.84 Å². The Hall–Kier alpha value is -6.91. The van der Waals surface area contributed by atoms with Crippen LogP contribution in [-0.2, 0) is 0 Å². The van der Waals surface area contributed by atoms with E-state index in [-0.39, 0.29) is 6.04 Å². The van der Waals surface area contributed by atoms with Gasteiger partial charge in [-0.15, -0.1) is 0 Å². The van der Waals surface area contributed by atoms with E-state index < -0.39 is 0 Å². The number of rotatable bonds is 5. The van der Waals surface area contributed by atoms with Gasteiger partial charge in [-0.1, -0.05) is 133 Å². The fourth-order valence-electron chi connectivity index (χ4n) is 7.48. The molecule has 0 saturated carbocycles. The highest BCUT2D eigenvalue weighted by Gasteiger charge is 2.23. The van der Waals surface area contributed by atoms with Gasteiger partial charge in [0.2, 0.25) is 0 Å². The van der Waals surface area contributed by atoms with Crippen LogP contribution in [0.15, 0.2) is 187 Å². The molecule has 0 bridgehead atoms. The van der Waals surface area contributed by atoms with Gasteiger partial charge in [-0.25, -0.2) is 15.0 Å². The van der Waals surface area contributed by atoms with Crippen molar-refractivity contribution in [2.24, 2.45) is 4.99 Å². The predicted octanol–water partition coefficient (Wildman–Crippen LogP) is 11.6. The zero-order valence-electron chi connectivity index (χ0n) is 28.2. The molecule has 10 rings (SSSR count). The van der Waals surface area contributed by atoms with Crippen LogP contribution in [0.25, 0.3) is 71.6 Å². The predicted molar refractivity (Wildman–Crippen MR) is 216 cm³/mol. The number of hydrogen-bond acceptors (Lipinski definition) is 4. The molecular formula is C48H32N4. The zero-order chi connectivity index (χ0) is 34.4. The van der Waals surface area contributed by atoms with Crippen LogP contribution in [0.3, 0.4) is 0 Å². The van der Waals surface area contributed by atoms with Crippen LogP contribution in [-0.4, -0.2) is 15.8 Å². The lowest BCUT2D eigenvalue weighted by molar-refractivity contribution is 0.788. The van der Waals surface area contributed by atoms with Gasteiger partial charge in [0.25, 0.3) is 0 Å². The third-order valence-electron chi connectivity index (χ3n) is 10.1. The topological polar surface area (TPSA) is 50.2 Å². The van der Waals surface area contributed by atoms with Crippen LogP contribution in [0, 0.1) is 0 Å². The largest absolute Gasteiger partial charge is 0.359 e. The molecule has 9 aromatic rings. The molecule has 52 heavy (non-hydrogen) atoms. The number of benzene rings is 7. The zero-order valence-corrected chi connectivity index (χ0v) is 28.2. The molecule has 0 spiro atoms. The maximum Gasteiger partial charge on any atom is 0.135 e. The molecule has 0 radical (unpaired) electrons. The smallest absolute Gasteiger partial charge is 0.135 e. The van der Waals surface area contributed by atoms with Gasteiger partial charge in [-0.05, 0) is 75.6 Å². The summed E-state index contributed by atoms with van der Waals surface area (Å²) in [4.78, 5) is 15.7. The lowest BCUT2D eigenvalue weighted by atomic mass is 9.93. The molecule has 4 nitrogen and oxygen atoms in total. The molecule has 0 saturated heterocycles. The molecule has 7 aromatic carbocycles. The Morgan fingerprint density at radius 1 is 0.423 bits per heavy atom. The second-order valence-corrected chi connectivity index (χ2v) is 13.3. The Morgan fingerprint density at radius 3 is 1.62 bits per heavy atom. The second-order valence-electron chi connectivity index (χ2n) is 13.3. The minimum absolute atomic E-state index is 0.128. The summed E-state index contributed by atoms with van der Waals surface area (Å²) in [6.07, 6.45) is 2.26. The van der Waals surface area contributed by atoms with Crippen LogP contribution in [0.2, 0.25) is 0 Å². The standard InChI is InChI=1S/C48H32N4/c1-5-17-38-31(11-1)15-9-19-40(38)47-30-46(51-48(52-47)41-20-10-16-32-12-2-6-18-39(32)41)37-28-35(44-25-23-33-13-3-7-21-42(33)49-44)27-36(29-37)45-26-24-34-14-4-8-22-43(34)50-45/h1-30,47H,(H,51,52). The lowest BCUT2D eigenvalue weighted by Crippen LogP contribution is -2.31. The molecule has 1 atom stereocenters. The molecule has 1 aliphatic rings. The average Bonchev–Trinajstić information content (AvgIpc) is 3.22. The summed E-state index contributed by atoms with van der Waals surface area (Å²) in [7, 11) is 0. The van der Waals surface area contributed by atoms with Crippen LogP contribution in [0.5, 0.6) is 0 Å². The van der Waals surface area contributed by atoms with Crippen LogP contribution >= 0.6 is 0 Å². The minimum atomic E-state index is -0.128. The summed E-state index contributed by atoms with van der Waals surface area (Å²) in [5, 5.41) is 10.8. The molecule has 1 aliphatic heterocycles. The number of pyridine rings is 2. The Morgan fingerprint density at radius 2 is 0.942 bits per heavy atom. The SMILES string of the molecule is C1=C(c2cc(-c3ccc4ccccc4n3)cc(-c3ccc4ccccc4n3)c2)N=C(c2cccc3ccccc23)NC1c1cccc2ccccc12. The lowest BCUT2D eigenvalue weighted by Gasteiger charge is -2.26. The highest BCUT2D eigenvalue weighted by atomic mass is 15.0. The van der Waals surface area contributed by atoms with Gasteiger partial charge >= 0.3 is 0 Å². The normalized spacial score (nSPS) is 14.3. The average molecular weight is 665 g/mol. The summed E-state index contributed by atoms with van der Waals surface area (Å²) < 4.78 is 0. The quantitative estimate of drug-likeness (QED) is 0.199. The van der Waals surface area contributed by atoms with Crippen molar-refractivity contribution in [1.29, 1.82) is 0 Å². The number of aliphatic imine (C=N–C) groups is 1. The van der Waals surface area contributed by atoms with Crippen molar-refractivity contribution in [3.05, 3.63) is 199 Å². The molecule has 3 heterocycles. The third-order valence-corrected chi connectivity index (χ3v) is 10.1. The van der Waals surface area contributed by atoms with Crippen molar-refractivity contribution in [3.63, 3.8) is 0 Å². The molecule has 1 unspecified atom stereocenters. The van der Waals surface area contributed by atoms with Crippen molar-refractivity contribution < 1.29 is 0 Å². The molecule has 244 valence electrons.